The first-order chi connectivity index (χ1) is 6.54. The lowest BCUT2D eigenvalue weighted by Gasteiger charge is -2.18. The van der Waals surface area contributed by atoms with Crippen molar-refractivity contribution >= 4 is 0 Å². The van der Waals surface area contributed by atoms with E-state index in [1.165, 1.54) is 0 Å². The molecule has 14 heavy (non-hydrogen) atoms. The second-order valence-corrected chi connectivity index (χ2v) is 2.45. The quantitative estimate of drug-likeness (QED) is 0.564. The van der Waals surface area contributed by atoms with Crippen LogP contribution in [0, 0.1) is 5.53 Å². The van der Waals surface area contributed by atoms with Gasteiger partial charge in [0.1, 0.15) is 0 Å². The Morgan fingerprint density at radius 1 is 1.29 bits per heavy atom. The van der Waals surface area contributed by atoms with Crippen LogP contribution in [0.15, 0.2) is 28.6 Å². The van der Waals surface area contributed by atoms with Crippen LogP contribution in [0.1, 0.15) is 0 Å². The summed E-state index contributed by atoms with van der Waals surface area (Å²) in [4.78, 5) is 0. The predicted molar refractivity (Wildman–Crippen MR) is 38.2 cm³/mol. The number of hydrogen-bond acceptors (Lipinski definition) is 3. The fourth-order valence-corrected chi connectivity index (χ4v) is 0.898. The van der Waals surface area contributed by atoms with Crippen molar-refractivity contribution < 1.29 is 22.3 Å². The highest BCUT2D eigenvalue weighted by molar-refractivity contribution is 5.28. The summed E-state index contributed by atoms with van der Waals surface area (Å²) in [5.41, 5.74) is 5.89. The van der Waals surface area contributed by atoms with Crippen LogP contribution in [0.5, 0.6) is 0 Å². The lowest BCUT2D eigenvalue weighted by Crippen LogP contribution is -2.17. The Kier molecular flexibility index (Phi) is 3.21. The summed E-state index contributed by atoms with van der Waals surface area (Å²) in [6, 6.07) is 0. The molecule has 0 aliphatic carbocycles. The molecular formula is C7H6F4N2O. The van der Waals surface area contributed by atoms with Gasteiger partial charge in [0.2, 0.25) is 6.23 Å². The van der Waals surface area contributed by atoms with Gasteiger partial charge in [-0.1, -0.05) is 0 Å². The van der Waals surface area contributed by atoms with Gasteiger partial charge in [0.05, 0.1) is 0 Å². The molecule has 1 aliphatic rings. The van der Waals surface area contributed by atoms with E-state index < -0.39 is 30.4 Å². The van der Waals surface area contributed by atoms with Crippen LogP contribution in [0.25, 0.3) is 0 Å². The summed E-state index contributed by atoms with van der Waals surface area (Å²) < 4.78 is 52.9. The van der Waals surface area contributed by atoms with Crippen LogP contribution in [-0.2, 0) is 4.74 Å². The summed E-state index contributed by atoms with van der Waals surface area (Å²) in [6.07, 6.45) is -5.85. The maximum absolute atomic E-state index is 12.2. The molecule has 0 aromatic carbocycles. The van der Waals surface area contributed by atoms with Gasteiger partial charge >= 0.3 is 0 Å². The van der Waals surface area contributed by atoms with Crippen molar-refractivity contribution in [2.24, 2.45) is 5.11 Å². The SMILES string of the molecule is N=NC1C=C(C(F)F)C=C(C(F)F)O1. The summed E-state index contributed by atoms with van der Waals surface area (Å²) in [5.74, 6) is -0.885. The average Bonchev–Trinajstić information content (AvgIpc) is 2.16. The summed E-state index contributed by atoms with van der Waals surface area (Å²) >= 11 is 0. The molecule has 0 bridgehead atoms. The molecule has 0 amide bonds. The van der Waals surface area contributed by atoms with Gasteiger partial charge in [-0.2, -0.15) is 0 Å². The molecule has 1 rings (SSSR count). The zero-order valence-corrected chi connectivity index (χ0v) is 6.75. The highest BCUT2D eigenvalue weighted by Crippen LogP contribution is 2.25. The van der Waals surface area contributed by atoms with Crippen molar-refractivity contribution in [1.82, 2.24) is 0 Å². The lowest BCUT2D eigenvalue weighted by molar-refractivity contribution is 0.0510. The van der Waals surface area contributed by atoms with E-state index in [0.717, 1.165) is 6.08 Å². The monoisotopic (exact) mass is 210 g/mol. The second kappa shape index (κ2) is 4.21. The molecule has 1 heterocycles. The van der Waals surface area contributed by atoms with E-state index in [1.807, 2.05) is 0 Å². The average molecular weight is 210 g/mol. The van der Waals surface area contributed by atoms with Gasteiger partial charge < -0.3 is 4.74 Å². The molecule has 3 nitrogen and oxygen atoms in total. The van der Waals surface area contributed by atoms with Gasteiger partial charge in [0.25, 0.3) is 12.9 Å². The molecule has 0 fully saturated rings. The van der Waals surface area contributed by atoms with Crippen molar-refractivity contribution in [2.45, 2.75) is 19.1 Å². The summed E-state index contributed by atoms with van der Waals surface area (Å²) in [7, 11) is 0. The normalized spacial score (nSPS) is 21.7. The van der Waals surface area contributed by atoms with Crippen molar-refractivity contribution in [2.75, 3.05) is 0 Å². The number of nitrogens with zero attached hydrogens (tertiary/aromatic N) is 1. The Hall–Kier alpha value is -1.40. The molecule has 7 heteroatoms. The van der Waals surface area contributed by atoms with Crippen LogP contribution >= 0.6 is 0 Å². The highest BCUT2D eigenvalue weighted by atomic mass is 19.3. The van der Waals surface area contributed by atoms with E-state index in [2.05, 4.69) is 9.85 Å². The number of allylic oxidation sites excluding steroid dienone is 3. The van der Waals surface area contributed by atoms with Gasteiger partial charge in [-0.05, 0) is 12.2 Å². The maximum atomic E-state index is 12.2. The molecule has 0 saturated carbocycles. The third-order valence-corrected chi connectivity index (χ3v) is 1.50. The first kappa shape index (κ1) is 10.7. The maximum Gasteiger partial charge on any atom is 0.294 e. The molecule has 0 saturated heterocycles. The van der Waals surface area contributed by atoms with Crippen LogP contribution < -0.4 is 0 Å². The Bertz CT molecular complexity index is 287. The summed E-state index contributed by atoms with van der Waals surface area (Å²) in [5, 5.41) is 2.76. The Labute approximate surface area is 76.6 Å². The van der Waals surface area contributed by atoms with Gasteiger partial charge in [-0.25, -0.2) is 23.1 Å². The van der Waals surface area contributed by atoms with Crippen molar-refractivity contribution in [1.29, 1.82) is 5.53 Å². The molecular weight excluding hydrogens is 204 g/mol. The van der Waals surface area contributed by atoms with E-state index in [9.17, 15) is 17.6 Å². The van der Waals surface area contributed by atoms with Gasteiger partial charge in [0, 0.05) is 5.57 Å². The van der Waals surface area contributed by atoms with E-state index >= 15 is 0 Å². The smallest absolute Gasteiger partial charge is 0.294 e. The van der Waals surface area contributed by atoms with Crippen molar-refractivity contribution in [3.8, 4) is 0 Å². The Morgan fingerprint density at radius 2 is 1.93 bits per heavy atom. The van der Waals surface area contributed by atoms with E-state index in [0.29, 0.717) is 6.08 Å². The zero-order valence-electron chi connectivity index (χ0n) is 6.75. The number of ether oxygens (including phenoxy) is 1. The lowest BCUT2D eigenvalue weighted by atomic mass is 10.2. The van der Waals surface area contributed by atoms with Gasteiger partial charge in [-0.3, -0.25) is 0 Å². The third kappa shape index (κ3) is 2.30. The summed E-state index contributed by atoms with van der Waals surface area (Å²) in [6.45, 7) is 0. The van der Waals surface area contributed by atoms with Crippen molar-refractivity contribution in [3.63, 3.8) is 0 Å². The number of alkyl halides is 4. The second-order valence-electron chi connectivity index (χ2n) is 2.45. The topological polar surface area (TPSA) is 45.4 Å². The molecule has 0 radical (unpaired) electrons. The number of hydrogen-bond donors (Lipinski definition) is 1. The molecule has 1 N–H and O–H groups in total. The highest BCUT2D eigenvalue weighted by Gasteiger charge is 2.25. The molecule has 0 aromatic rings. The molecule has 1 unspecified atom stereocenters. The molecule has 0 spiro atoms. The minimum absolute atomic E-state index is 0.566. The zero-order chi connectivity index (χ0) is 10.7. The van der Waals surface area contributed by atoms with E-state index in [4.69, 9.17) is 5.53 Å². The van der Waals surface area contributed by atoms with Crippen LogP contribution in [0.2, 0.25) is 0 Å². The van der Waals surface area contributed by atoms with Crippen LogP contribution in [0.4, 0.5) is 17.6 Å². The number of nitrogens with one attached hydrogen (secondary N) is 1. The largest absolute Gasteiger partial charge is 0.462 e. The van der Waals surface area contributed by atoms with Gasteiger partial charge in [0.15, 0.2) is 5.76 Å². The van der Waals surface area contributed by atoms with Crippen LogP contribution in [0.3, 0.4) is 0 Å². The standard InChI is InChI=1S/C7H6F4N2O/c8-6(9)3-1-4(7(10)11)14-5(2-3)13-12/h1-2,5-7,12H. The van der Waals surface area contributed by atoms with E-state index in [-0.39, 0.29) is 0 Å². The Balaban J connectivity index is 2.91. The molecule has 1 aliphatic heterocycles. The number of halogens is 4. The first-order valence-corrected chi connectivity index (χ1v) is 3.57. The van der Waals surface area contributed by atoms with Gasteiger partial charge in [-0.15, -0.1) is 5.11 Å². The fourth-order valence-electron chi connectivity index (χ4n) is 0.898. The first-order valence-electron chi connectivity index (χ1n) is 3.57. The van der Waals surface area contributed by atoms with Crippen molar-refractivity contribution in [3.05, 3.63) is 23.5 Å². The minimum Gasteiger partial charge on any atom is -0.462 e. The van der Waals surface area contributed by atoms with Crippen LogP contribution in [-0.4, -0.2) is 19.1 Å². The Morgan fingerprint density at radius 3 is 2.36 bits per heavy atom. The van der Waals surface area contributed by atoms with E-state index in [1.54, 1.807) is 0 Å². The minimum atomic E-state index is -2.98. The molecule has 0 aromatic heterocycles. The number of rotatable bonds is 3. The molecule has 78 valence electrons. The predicted octanol–water partition coefficient (Wildman–Crippen LogP) is 2.71. The fraction of sp³-hybridized carbons (Fsp3) is 0.429. The third-order valence-electron chi connectivity index (χ3n) is 1.50. The molecule has 1 atom stereocenters.